The molecule has 0 N–H and O–H groups in total. The molecule has 0 saturated carbocycles. The lowest BCUT2D eigenvalue weighted by molar-refractivity contribution is 0.478. The molecule has 2 aromatic rings. The lowest BCUT2D eigenvalue weighted by atomic mass is 10.2. The van der Waals surface area contributed by atoms with Crippen LogP contribution < -0.4 is 4.74 Å². The van der Waals surface area contributed by atoms with Gasteiger partial charge in [0, 0.05) is 11.1 Å². The van der Waals surface area contributed by atoms with E-state index in [2.05, 4.69) is 10.2 Å². The summed E-state index contributed by atoms with van der Waals surface area (Å²) in [6.07, 6.45) is 0. The van der Waals surface area contributed by atoms with Gasteiger partial charge in [-0.2, -0.15) is 0 Å². The average molecular weight is 290 g/mol. The van der Waals surface area contributed by atoms with Crippen LogP contribution in [0.1, 0.15) is 5.56 Å². The monoisotopic (exact) mass is 288 g/mol. The van der Waals surface area contributed by atoms with Crippen molar-refractivity contribution in [3.63, 3.8) is 0 Å². The number of rotatable bonds is 2. The fourth-order valence-electron chi connectivity index (χ4n) is 1.22. The minimum Gasteiger partial charge on any atom is -0.454 e. The van der Waals surface area contributed by atoms with Gasteiger partial charge in [-0.15, -0.1) is 10.2 Å². The third kappa shape index (κ3) is 3.00. The molecule has 6 heteroatoms. The predicted molar refractivity (Wildman–Crippen MR) is 68.3 cm³/mol. The fourth-order valence-corrected chi connectivity index (χ4v) is 1.60. The second-order valence-electron chi connectivity index (χ2n) is 3.34. The van der Waals surface area contributed by atoms with Gasteiger partial charge in [-0.25, -0.2) is 0 Å². The molecular weight excluding hydrogens is 282 g/mol. The van der Waals surface area contributed by atoms with Gasteiger partial charge in [0.15, 0.2) is 16.1 Å². The Morgan fingerprint density at radius 1 is 1.06 bits per heavy atom. The van der Waals surface area contributed by atoms with Crippen molar-refractivity contribution < 1.29 is 4.74 Å². The highest BCUT2D eigenvalue weighted by molar-refractivity contribution is 6.32. The molecule has 0 aliphatic rings. The van der Waals surface area contributed by atoms with E-state index in [1.807, 2.05) is 6.92 Å². The molecular formula is C11H7Cl3N2O. The number of aromatic nitrogens is 2. The van der Waals surface area contributed by atoms with Crippen LogP contribution in [0.2, 0.25) is 15.3 Å². The first-order valence-electron chi connectivity index (χ1n) is 4.69. The Bertz CT molecular complexity index is 560. The molecule has 1 heterocycles. The van der Waals surface area contributed by atoms with E-state index in [0.29, 0.717) is 16.5 Å². The van der Waals surface area contributed by atoms with Gasteiger partial charge in [-0.3, -0.25) is 0 Å². The number of benzene rings is 1. The molecule has 0 unspecified atom stereocenters. The van der Waals surface area contributed by atoms with Gasteiger partial charge in [-0.1, -0.05) is 34.8 Å². The number of hydrogen-bond acceptors (Lipinski definition) is 3. The van der Waals surface area contributed by atoms with Crippen LogP contribution >= 0.6 is 34.8 Å². The molecule has 3 nitrogen and oxygen atoms in total. The smallest absolute Gasteiger partial charge is 0.194 e. The Morgan fingerprint density at radius 3 is 2.53 bits per heavy atom. The summed E-state index contributed by atoms with van der Waals surface area (Å²) in [5, 5.41) is 8.29. The minimum absolute atomic E-state index is 0.155. The first-order chi connectivity index (χ1) is 8.06. The summed E-state index contributed by atoms with van der Waals surface area (Å²) in [5.74, 6) is 0.964. The van der Waals surface area contributed by atoms with Crippen molar-refractivity contribution in [3.05, 3.63) is 45.2 Å². The summed E-state index contributed by atoms with van der Waals surface area (Å²) in [6, 6.07) is 6.78. The minimum atomic E-state index is 0.155. The lowest BCUT2D eigenvalue weighted by Gasteiger charge is -2.07. The van der Waals surface area contributed by atoms with Crippen molar-refractivity contribution in [1.29, 1.82) is 0 Å². The van der Waals surface area contributed by atoms with E-state index in [1.54, 1.807) is 18.2 Å². The largest absolute Gasteiger partial charge is 0.454 e. The molecule has 0 aliphatic carbocycles. The topological polar surface area (TPSA) is 35.0 Å². The normalized spacial score (nSPS) is 10.4. The van der Waals surface area contributed by atoms with Crippen LogP contribution in [0.3, 0.4) is 0 Å². The van der Waals surface area contributed by atoms with Crippen molar-refractivity contribution in [2.45, 2.75) is 6.92 Å². The van der Waals surface area contributed by atoms with E-state index in [0.717, 1.165) is 5.56 Å². The fraction of sp³-hybridized carbons (Fsp3) is 0.0909. The number of halogens is 3. The van der Waals surface area contributed by atoms with Gasteiger partial charge in [0.2, 0.25) is 0 Å². The molecule has 0 fully saturated rings. The van der Waals surface area contributed by atoms with Gasteiger partial charge in [0.1, 0.15) is 5.75 Å². The number of nitrogens with zero attached hydrogens (tertiary/aromatic N) is 2. The maximum absolute atomic E-state index is 5.92. The Balaban J connectivity index is 2.31. The van der Waals surface area contributed by atoms with Crippen LogP contribution in [0.15, 0.2) is 24.3 Å². The summed E-state index contributed by atoms with van der Waals surface area (Å²) in [4.78, 5) is 0. The van der Waals surface area contributed by atoms with Gasteiger partial charge >= 0.3 is 0 Å². The van der Waals surface area contributed by atoms with E-state index in [-0.39, 0.29) is 10.3 Å². The Kier molecular flexibility index (Phi) is 3.72. The predicted octanol–water partition coefficient (Wildman–Crippen LogP) is 4.54. The van der Waals surface area contributed by atoms with Crippen molar-refractivity contribution in [2.24, 2.45) is 0 Å². The van der Waals surface area contributed by atoms with Crippen molar-refractivity contribution in [3.8, 4) is 11.5 Å². The highest BCUT2D eigenvalue weighted by atomic mass is 35.5. The maximum Gasteiger partial charge on any atom is 0.194 e. The molecule has 1 aromatic carbocycles. The van der Waals surface area contributed by atoms with E-state index in [1.165, 1.54) is 6.07 Å². The standard InChI is InChI=1S/C11H7Cl3N2O/c1-6-4-7(2-3-8(6)12)17-9-5-10(13)15-16-11(9)14/h2-5H,1H3. The summed E-state index contributed by atoms with van der Waals surface area (Å²) in [5.41, 5.74) is 0.911. The van der Waals surface area contributed by atoms with Crippen molar-refractivity contribution in [2.75, 3.05) is 0 Å². The van der Waals surface area contributed by atoms with Crippen molar-refractivity contribution >= 4 is 34.8 Å². The molecule has 0 spiro atoms. The molecule has 88 valence electrons. The number of ether oxygens (including phenoxy) is 1. The second kappa shape index (κ2) is 5.08. The Labute approximate surface area is 113 Å². The molecule has 2 rings (SSSR count). The van der Waals surface area contributed by atoms with Crippen LogP contribution in [0.25, 0.3) is 0 Å². The van der Waals surface area contributed by atoms with Crippen LogP contribution in [-0.4, -0.2) is 10.2 Å². The lowest BCUT2D eigenvalue weighted by Crippen LogP contribution is -1.91. The highest BCUT2D eigenvalue weighted by Crippen LogP contribution is 2.30. The van der Waals surface area contributed by atoms with Gasteiger partial charge in [0.05, 0.1) is 0 Å². The molecule has 0 amide bonds. The SMILES string of the molecule is Cc1cc(Oc2cc(Cl)nnc2Cl)ccc1Cl. The van der Waals surface area contributed by atoms with E-state index in [4.69, 9.17) is 39.5 Å². The molecule has 0 radical (unpaired) electrons. The highest BCUT2D eigenvalue weighted by Gasteiger charge is 2.07. The van der Waals surface area contributed by atoms with Crippen LogP contribution in [0.5, 0.6) is 11.5 Å². The van der Waals surface area contributed by atoms with Crippen LogP contribution in [-0.2, 0) is 0 Å². The average Bonchev–Trinajstić information content (AvgIpc) is 2.29. The van der Waals surface area contributed by atoms with Crippen molar-refractivity contribution in [1.82, 2.24) is 10.2 Å². The molecule has 17 heavy (non-hydrogen) atoms. The second-order valence-corrected chi connectivity index (χ2v) is 4.49. The number of aryl methyl sites for hydroxylation is 1. The maximum atomic E-state index is 5.92. The zero-order chi connectivity index (χ0) is 12.4. The molecule has 0 bridgehead atoms. The molecule has 1 aromatic heterocycles. The first kappa shape index (κ1) is 12.4. The van der Waals surface area contributed by atoms with Gasteiger partial charge < -0.3 is 4.74 Å². The zero-order valence-corrected chi connectivity index (χ0v) is 11.0. The third-order valence-electron chi connectivity index (χ3n) is 2.04. The summed E-state index contributed by atoms with van der Waals surface area (Å²) >= 11 is 17.5. The first-order valence-corrected chi connectivity index (χ1v) is 5.82. The number of hydrogen-bond donors (Lipinski definition) is 0. The Hall–Kier alpha value is -1.03. The molecule has 0 atom stereocenters. The van der Waals surface area contributed by atoms with E-state index >= 15 is 0 Å². The van der Waals surface area contributed by atoms with E-state index in [9.17, 15) is 0 Å². The van der Waals surface area contributed by atoms with Crippen LogP contribution in [0, 0.1) is 6.92 Å². The van der Waals surface area contributed by atoms with Crippen LogP contribution in [0.4, 0.5) is 0 Å². The summed E-state index contributed by atoms with van der Waals surface area (Å²) in [6.45, 7) is 1.88. The molecule has 0 aliphatic heterocycles. The zero-order valence-electron chi connectivity index (χ0n) is 8.75. The summed E-state index contributed by atoms with van der Waals surface area (Å²) in [7, 11) is 0. The van der Waals surface area contributed by atoms with E-state index < -0.39 is 0 Å². The quantitative estimate of drug-likeness (QED) is 0.814. The summed E-state index contributed by atoms with van der Waals surface area (Å²) < 4.78 is 5.55. The van der Waals surface area contributed by atoms with Gasteiger partial charge in [0.25, 0.3) is 0 Å². The molecule has 0 saturated heterocycles. The third-order valence-corrected chi connectivity index (χ3v) is 2.91. The van der Waals surface area contributed by atoms with Gasteiger partial charge in [-0.05, 0) is 30.7 Å². The Morgan fingerprint density at radius 2 is 1.82 bits per heavy atom.